The van der Waals surface area contributed by atoms with Crippen LogP contribution in [0, 0.1) is 0 Å². The predicted molar refractivity (Wildman–Crippen MR) is 129 cm³/mol. The highest BCUT2D eigenvalue weighted by atomic mass is 127. The molecule has 0 amide bonds. The van der Waals surface area contributed by atoms with Gasteiger partial charge in [0.1, 0.15) is 11.5 Å². The summed E-state index contributed by atoms with van der Waals surface area (Å²) in [5.74, 6) is 2.52. The maximum atomic E-state index is 5.77. The van der Waals surface area contributed by atoms with Crippen LogP contribution in [0.1, 0.15) is 25.7 Å². The van der Waals surface area contributed by atoms with Gasteiger partial charge in [-0.1, -0.05) is 6.07 Å². The predicted octanol–water partition coefficient (Wildman–Crippen LogP) is 2.75. The zero-order valence-corrected chi connectivity index (χ0v) is 20.3. The molecule has 0 spiro atoms. The van der Waals surface area contributed by atoms with Crippen LogP contribution >= 0.6 is 24.0 Å². The van der Waals surface area contributed by atoms with E-state index in [-0.39, 0.29) is 24.0 Å². The molecule has 0 saturated carbocycles. The number of aliphatic imine (C=N–C) groups is 1. The smallest absolute Gasteiger partial charge is 0.191 e. The van der Waals surface area contributed by atoms with Gasteiger partial charge in [-0.3, -0.25) is 4.99 Å². The molecule has 1 heterocycles. The Morgan fingerprint density at radius 2 is 1.90 bits per heavy atom. The number of guanidine groups is 1. The van der Waals surface area contributed by atoms with Gasteiger partial charge in [0.2, 0.25) is 0 Å². The highest BCUT2D eigenvalue weighted by molar-refractivity contribution is 14.0. The largest absolute Gasteiger partial charge is 0.497 e. The molecule has 0 aliphatic carbocycles. The fourth-order valence-electron chi connectivity index (χ4n) is 3.28. The first kappa shape index (κ1) is 25.8. The number of hydrogen-bond donors (Lipinski definition) is 2. The van der Waals surface area contributed by atoms with Gasteiger partial charge in [0.15, 0.2) is 5.96 Å². The molecule has 1 aromatic carbocycles. The third-order valence-corrected chi connectivity index (χ3v) is 4.90. The number of likely N-dealkylation sites (tertiary alicyclic amines) is 1. The molecular weight excluding hydrogens is 483 g/mol. The Balaban J connectivity index is 0.00000420. The molecule has 0 unspecified atom stereocenters. The fourth-order valence-corrected chi connectivity index (χ4v) is 3.28. The van der Waals surface area contributed by atoms with E-state index in [1.807, 2.05) is 31.3 Å². The number of nitrogens with one attached hydrogen (secondary N) is 2. The van der Waals surface area contributed by atoms with Gasteiger partial charge in [0.25, 0.3) is 0 Å². The lowest BCUT2D eigenvalue weighted by atomic mass is 10.1. The van der Waals surface area contributed by atoms with E-state index in [0.717, 1.165) is 75.9 Å². The van der Waals surface area contributed by atoms with E-state index < -0.39 is 0 Å². The molecule has 0 aromatic heterocycles. The minimum absolute atomic E-state index is 0. The topological polar surface area (TPSA) is 67.4 Å². The van der Waals surface area contributed by atoms with Crippen molar-refractivity contribution in [3.63, 3.8) is 0 Å². The summed E-state index contributed by atoms with van der Waals surface area (Å²) in [6.07, 6.45) is 4.30. The van der Waals surface area contributed by atoms with Gasteiger partial charge in [0.05, 0.1) is 13.7 Å². The van der Waals surface area contributed by atoms with Crippen LogP contribution in [0.15, 0.2) is 29.3 Å². The summed E-state index contributed by atoms with van der Waals surface area (Å²) in [7, 11) is 5.24. The second-order valence-corrected chi connectivity index (χ2v) is 6.99. The highest BCUT2D eigenvalue weighted by Gasteiger charge is 2.19. The number of benzene rings is 1. The van der Waals surface area contributed by atoms with Gasteiger partial charge >= 0.3 is 0 Å². The molecule has 0 radical (unpaired) electrons. The second-order valence-electron chi connectivity index (χ2n) is 6.99. The van der Waals surface area contributed by atoms with Crippen LogP contribution in [0.4, 0.5) is 0 Å². The van der Waals surface area contributed by atoms with Crippen molar-refractivity contribution < 1.29 is 14.2 Å². The average molecular weight is 520 g/mol. The zero-order valence-electron chi connectivity index (χ0n) is 18.0. The van der Waals surface area contributed by atoms with E-state index >= 15 is 0 Å². The van der Waals surface area contributed by atoms with Crippen LogP contribution in [-0.4, -0.2) is 77.6 Å². The monoisotopic (exact) mass is 520 g/mol. The van der Waals surface area contributed by atoms with E-state index in [0.29, 0.717) is 12.6 Å². The van der Waals surface area contributed by atoms with Crippen molar-refractivity contribution in [3.05, 3.63) is 24.3 Å². The number of ether oxygens (including phenoxy) is 3. The molecule has 1 aliphatic heterocycles. The summed E-state index contributed by atoms with van der Waals surface area (Å²) >= 11 is 0. The molecule has 29 heavy (non-hydrogen) atoms. The molecule has 8 heteroatoms. The van der Waals surface area contributed by atoms with Gasteiger partial charge < -0.3 is 29.7 Å². The molecule has 1 aliphatic rings. The molecule has 2 rings (SSSR count). The van der Waals surface area contributed by atoms with Gasteiger partial charge in [-0.25, -0.2) is 0 Å². The van der Waals surface area contributed by atoms with E-state index in [1.165, 1.54) is 0 Å². The zero-order chi connectivity index (χ0) is 20.0. The number of methoxy groups -OCH3 is 2. The molecule has 166 valence electrons. The minimum atomic E-state index is 0. The number of rotatable bonds is 11. The van der Waals surface area contributed by atoms with Gasteiger partial charge in [-0.05, 0) is 37.8 Å². The third kappa shape index (κ3) is 10.4. The quantitative estimate of drug-likeness (QED) is 0.203. The molecule has 1 saturated heterocycles. The molecule has 1 aromatic rings. The number of piperidine rings is 1. The lowest BCUT2D eigenvalue weighted by Crippen LogP contribution is -2.49. The summed E-state index contributed by atoms with van der Waals surface area (Å²) in [5.41, 5.74) is 0. The van der Waals surface area contributed by atoms with Gasteiger partial charge in [0, 0.05) is 59.1 Å². The van der Waals surface area contributed by atoms with Crippen molar-refractivity contribution in [2.45, 2.75) is 31.7 Å². The summed E-state index contributed by atoms with van der Waals surface area (Å²) in [5, 5.41) is 6.93. The van der Waals surface area contributed by atoms with Crippen molar-refractivity contribution in [1.29, 1.82) is 0 Å². The Labute approximate surface area is 192 Å². The van der Waals surface area contributed by atoms with Crippen LogP contribution in [0.2, 0.25) is 0 Å². The molecule has 1 fully saturated rings. The van der Waals surface area contributed by atoms with Crippen molar-refractivity contribution in [2.75, 3.05) is 60.7 Å². The van der Waals surface area contributed by atoms with Crippen molar-refractivity contribution >= 4 is 29.9 Å². The number of nitrogens with zero attached hydrogens (tertiary/aromatic N) is 2. The Hall–Kier alpha value is -1.26. The lowest BCUT2D eigenvalue weighted by Gasteiger charge is -2.33. The Kier molecular flexibility index (Phi) is 13.8. The van der Waals surface area contributed by atoms with Gasteiger partial charge in [-0.2, -0.15) is 0 Å². The maximum absolute atomic E-state index is 5.77. The van der Waals surface area contributed by atoms with E-state index in [4.69, 9.17) is 14.2 Å². The van der Waals surface area contributed by atoms with Crippen molar-refractivity contribution in [1.82, 2.24) is 15.5 Å². The van der Waals surface area contributed by atoms with Gasteiger partial charge in [-0.15, -0.1) is 24.0 Å². The average Bonchev–Trinajstić information content (AvgIpc) is 2.74. The molecule has 0 bridgehead atoms. The Morgan fingerprint density at radius 3 is 2.59 bits per heavy atom. The molecular formula is C21H37IN4O3. The van der Waals surface area contributed by atoms with Crippen LogP contribution in [-0.2, 0) is 4.74 Å². The first-order valence-corrected chi connectivity index (χ1v) is 10.2. The van der Waals surface area contributed by atoms with Crippen molar-refractivity contribution in [2.24, 2.45) is 4.99 Å². The van der Waals surface area contributed by atoms with Crippen LogP contribution < -0.4 is 20.1 Å². The molecule has 7 nitrogen and oxygen atoms in total. The molecule has 0 atom stereocenters. The molecule has 2 N–H and O–H groups in total. The third-order valence-electron chi connectivity index (χ3n) is 4.90. The first-order chi connectivity index (χ1) is 13.7. The summed E-state index contributed by atoms with van der Waals surface area (Å²) < 4.78 is 16.1. The Morgan fingerprint density at radius 1 is 1.14 bits per heavy atom. The second kappa shape index (κ2) is 15.6. The van der Waals surface area contributed by atoms with Crippen LogP contribution in [0.5, 0.6) is 11.5 Å². The van der Waals surface area contributed by atoms with E-state index in [2.05, 4.69) is 20.5 Å². The normalized spacial score (nSPS) is 15.5. The van der Waals surface area contributed by atoms with E-state index in [9.17, 15) is 0 Å². The standard InChI is InChI=1S/C21H36N4O3.HI/c1-22-21(24-18-9-13-25(14-10-18)12-6-15-26-2)23-11-5-16-28-20-8-4-7-19(17-20)27-3;/h4,7-8,17-18H,5-6,9-16H2,1-3H3,(H2,22,23,24);1H. The highest BCUT2D eigenvalue weighted by Crippen LogP contribution is 2.18. The Bertz CT molecular complexity index is 581. The minimum Gasteiger partial charge on any atom is -0.497 e. The fraction of sp³-hybridized carbons (Fsp3) is 0.667. The number of hydrogen-bond acceptors (Lipinski definition) is 5. The summed E-state index contributed by atoms with van der Waals surface area (Å²) in [6.45, 7) is 5.70. The maximum Gasteiger partial charge on any atom is 0.191 e. The summed E-state index contributed by atoms with van der Waals surface area (Å²) in [6, 6.07) is 8.17. The van der Waals surface area contributed by atoms with Crippen LogP contribution in [0.25, 0.3) is 0 Å². The van der Waals surface area contributed by atoms with E-state index in [1.54, 1.807) is 14.2 Å². The van der Waals surface area contributed by atoms with Crippen molar-refractivity contribution in [3.8, 4) is 11.5 Å². The summed E-state index contributed by atoms with van der Waals surface area (Å²) in [4.78, 5) is 6.86. The van der Waals surface area contributed by atoms with Crippen LogP contribution in [0.3, 0.4) is 0 Å². The first-order valence-electron chi connectivity index (χ1n) is 10.2. The lowest BCUT2D eigenvalue weighted by molar-refractivity contribution is 0.155. The SMILES string of the molecule is CN=C(NCCCOc1cccc(OC)c1)NC1CCN(CCCOC)CC1.I. The number of halogens is 1.